The van der Waals surface area contributed by atoms with E-state index in [0.29, 0.717) is 11.8 Å². The van der Waals surface area contributed by atoms with E-state index in [0.717, 1.165) is 12.7 Å². The van der Waals surface area contributed by atoms with Gasteiger partial charge in [-0.1, -0.05) is 44.1 Å². The van der Waals surface area contributed by atoms with E-state index in [4.69, 9.17) is 0 Å². The highest BCUT2D eigenvalue weighted by atomic mass is 16.1. The topological polar surface area (TPSA) is 17.1 Å². The number of hydrogen-bond donors (Lipinski definition) is 0. The molecule has 0 amide bonds. The Balaban J connectivity index is 2.45. The maximum absolute atomic E-state index is 10.2. The summed E-state index contributed by atoms with van der Waals surface area (Å²) in [7, 11) is 0. The molecule has 1 aliphatic carbocycles. The summed E-state index contributed by atoms with van der Waals surface area (Å²) in [6.45, 7) is 4.65. The fraction of sp³-hybridized carbons (Fsp3) is 0.643. The van der Waals surface area contributed by atoms with Crippen molar-refractivity contribution < 1.29 is 4.79 Å². The van der Waals surface area contributed by atoms with Crippen molar-refractivity contribution in [2.45, 2.75) is 52.4 Å². The molecule has 1 heteroatoms. The third-order valence-electron chi connectivity index (χ3n) is 3.42. The van der Waals surface area contributed by atoms with Gasteiger partial charge < -0.3 is 4.79 Å². The molecule has 1 unspecified atom stereocenters. The SMILES string of the molecule is CCC1(C)CCC=C(C=CCCC=O)C1. The van der Waals surface area contributed by atoms with Crippen LogP contribution in [0.25, 0.3) is 0 Å². The lowest BCUT2D eigenvalue weighted by molar-refractivity contribution is -0.107. The van der Waals surface area contributed by atoms with Crippen molar-refractivity contribution >= 4 is 6.29 Å². The van der Waals surface area contributed by atoms with E-state index < -0.39 is 0 Å². The summed E-state index contributed by atoms with van der Waals surface area (Å²) >= 11 is 0. The van der Waals surface area contributed by atoms with E-state index >= 15 is 0 Å². The summed E-state index contributed by atoms with van der Waals surface area (Å²) < 4.78 is 0. The van der Waals surface area contributed by atoms with Crippen molar-refractivity contribution in [1.82, 2.24) is 0 Å². The van der Waals surface area contributed by atoms with Gasteiger partial charge in [0.25, 0.3) is 0 Å². The van der Waals surface area contributed by atoms with Crippen LogP contribution in [0.15, 0.2) is 23.8 Å². The van der Waals surface area contributed by atoms with Crippen molar-refractivity contribution in [1.29, 1.82) is 0 Å². The summed E-state index contributed by atoms with van der Waals surface area (Å²) in [6.07, 6.45) is 14.2. The molecule has 0 fully saturated rings. The Morgan fingerprint density at radius 1 is 1.47 bits per heavy atom. The molecule has 0 radical (unpaired) electrons. The first-order chi connectivity index (χ1) is 7.20. The maximum Gasteiger partial charge on any atom is 0.120 e. The lowest BCUT2D eigenvalue weighted by Crippen LogP contribution is -2.18. The van der Waals surface area contributed by atoms with Crippen molar-refractivity contribution in [2.75, 3.05) is 0 Å². The highest BCUT2D eigenvalue weighted by molar-refractivity contribution is 5.49. The summed E-state index contributed by atoms with van der Waals surface area (Å²) in [5, 5.41) is 0. The zero-order chi connectivity index (χ0) is 11.1. The van der Waals surface area contributed by atoms with Crippen LogP contribution in [-0.4, -0.2) is 6.29 Å². The number of carbonyl (C=O) groups excluding carboxylic acids is 1. The van der Waals surface area contributed by atoms with Crippen LogP contribution in [0.2, 0.25) is 0 Å². The second-order valence-electron chi connectivity index (χ2n) is 4.81. The Morgan fingerprint density at radius 3 is 2.93 bits per heavy atom. The van der Waals surface area contributed by atoms with Gasteiger partial charge in [0.2, 0.25) is 0 Å². The second-order valence-corrected chi connectivity index (χ2v) is 4.81. The van der Waals surface area contributed by atoms with Crippen LogP contribution in [0.5, 0.6) is 0 Å². The summed E-state index contributed by atoms with van der Waals surface area (Å²) in [5.74, 6) is 0. The van der Waals surface area contributed by atoms with Gasteiger partial charge in [-0.2, -0.15) is 0 Å². The average molecular weight is 206 g/mol. The maximum atomic E-state index is 10.2. The van der Waals surface area contributed by atoms with Crippen molar-refractivity contribution in [2.24, 2.45) is 5.41 Å². The number of rotatable bonds is 5. The molecule has 0 bridgehead atoms. The Labute approximate surface area is 93.3 Å². The molecule has 0 aromatic carbocycles. The van der Waals surface area contributed by atoms with Gasteiger partial charge in [-0.05, 0) is 31.1 Å². The average Bonchev–Trinajstić information content (AvgIpc) is 2.25. The van der Waals surface area contributed by atoms with Gasteiger partial charge in [-0.25, -0.2) is 0 Å². The predicted octanol–water partition coefficient (Wildman–Crippen LogP) is 4.05. The van der Waals surface area contributed by atoms with Crippen LogP contribution in [-0.2, 0) is 4.79 Å². The van der Waals surface area contributed by atoms with Crippen LogP contribution in [0.1, 0.15) is 52.4 Å². The minimum atomic E-state index is 0.499. The molecule has 1 atom stereocenters. The second kappa shape index (κ2) is 5.89. The third-order valence-corrected chi connectivity index (χ3v) is 3.42. The van der Waals surface area contributed by atoms with Crippen LogP contribution in [0.3, 0.4) is 0 Å². The molecule has 0 N–H and O–H groups in total. The van der Waals surface area contributed by atoms with Gasteiger partial charge in [-0.15, -0.1) is 0 Å². The highest BCUT2D eigenvalue weighted by Gasteiger charge is 2.24. The highest BCUT2D eigenvalue weighted by Crippen LogP contribution is 2.38. The third kappa shape index (κ3) is 4.03. The molecule has 0 aromatic heterocycles. The minimum absolute atomic E-state index is 0.499. The predicted molar refractivity (Wildman–Crippen MR) is 64.8 cm³/mol. The van der Waals surface area contributed by atoms with E-state index in [1.54, 1.807) is 0 Å². The first kappa shape index (κ1) is 12.2. The van der Waals surface area contributed by atoms with E-state index in [1.807, 2.05) is 0 Å². The number of aldehydes is 1. The first-order valence-corrected chi connectivity index (χ1v) is 5.99. The summed E-state index contributed by atoms with van der Waals surface area (Å²) in [4.78, 5) is 10.2. The quantitative estimate of drug-likeness (QED) is 0.490. The van der Waals surface area contributed by atoms with Gasteiger partial charge in [0, 0.05) is 6.42 Å². The van der Waals surface area contributed by atoms with Gasteiger partial charge in [-0.3, -0.25) is 0 Å². The van der Waals surface area contributed by atoms with E-state index in [-0.39, 0.29) is 0 Å². The largest absolute Gasteiger partial charge is 0.303 e. The molecule has 0 spiro atoms. The molecular weight excluding hydrogens is 184 g/mol. The molecule has 0 aliphatic heterocycles. The smallest absolute Gasteiger partial charge is 0.120 e. The molecule has 15 heavy (non-hydrogen) atoms. The first-order valence-electron chi connectivity index (χ1n) is 5.99. The van der Waals surface area contributed by atoms with Crippen LogP contribution in [0, 0.1) is 5.41 Å². The fourth-order valence-corrected chi connectivity index (χ4v) is 2.09. The number of unbranched alkanes of at least 4 members (excludes halogenated alkanes) is 1. The molecule has 1 aliphatic rings. The molecule has 84 valence electrons. The van der Waals surface area contributed by atoms with Crippen LogP contribution >= 0.6 is 0 Å². The Morgan fingerprint density at radius 2 is 2.27 bits per heavy atom. The van der Waals surface area contributed by atoms with Gasteiger partial charge in [0.1, 0.15) is 6.29 Å². The molecule has 0 saturated carbocycles. The van der Waals surface area contributed by atoms with Gasteiger partial charge in [0.15, 0.2) is 0 Å². The van der Waals surface area contributed by atoms with Crippen LogP contribution in [0.4, 0.5) is 0 Å². The molecule has 1 rings (SSSR count). The Bertz CT molecular complexity index is 263. The zero-order valence-electron chi connectivity index (χ0n) is 9.96. The summed E-state index contributed by atoms with van der Waals surface area (Å²) in [5.41, 5.74) is 1.95. The number of allylic oxidation sites excluding steroid dienone is 4. The molecule has 0 saturated heterocycles. The van der Waals surface area contributed by atoms with Gasteiger partial charge >= 0.3 is 0 Å². The van der Waals surface area contributed by atoms with Crippen molar-refractivity contribution in [3.63, 3.8) is 0 Å². The van der Waals surface area contributed by atoms with Crippen molar-refractivity contribution in [3.8, 4) is 0 Å². The Kier molecular flexibility index (Phi) is 4.80. The summed E-state index contributed by atoms with van der Waals surface area (Å²) in [6, 6.07) is 0. The minimum Gasteiger partial charge on any atom is -0.303 e. The number of carbonyl (C=O) groups is 1. The van der Waals surface area contributed by atoms with Gasteiger partial charge in [0.05, 0.1) is 0 Å². The fourth-order valence-electron chi connectivity index (χ4n) is 2.09. The molecule has 0 aromatic rings. The van der Waals surface area contributed by atoms with E-state index in [1.165, 1.54) is 31.3 Å². The standard InChI is InChI=1S/C14H22O/c1-3-14(2)10-7-9-13(12-14)8-5-4-6-11-15/h5,8-9,11H,3-4,6-7,10,12H2,1-2H3. The van der Waals surface area contributed by atoms with E-state index in [9.17, 15) is 4.79 Å². The molecular formula is C14H22O. The lowest BCUT2D eigenvalue weighted by Gasteiger charge is -2.31. The lowest BCUT2D eigenvalue weighted by atomic mass is 9.74. The monoisotopic (exact) mass is 206 g/mol. The van der Waals surface area contributed by atoms with Crippen molar-refractivity contribution in [3.05, 3.63) is 23.8 Å². The Hall–Kier alpha value is -0.850. The number of hydrogen-bond acceptors (Lipinski definition) is 1. The van der Waals surface area contributed by atoms with Crippen LogP contribution < -0.4 is 0 Å². The van der Waals surface area contributed by atoms with E-state index in [2.05, 4.69) is 32.1 Å². The zero-order valence-corrected chi connectivity index (χ0v) is 9.96. The normalized spacial score (nSPS) is 26.7. The molecule has 1 nitrogen and oxygen atoms in total. The molecule has 0 heterocycles.